The molecule has 158 valence electrons. The summed E-state index contributed by atoms with van der Waals surface area (Å²) in [6, 6.07) is 13.5. The van der Waals surface area contributed by atoms with E-state index in [9.17, 15) is 4.79 Å². The van der Waals surface area contributed by atoms with Gasteiger partial charge in [0, 0.05) is 12.3 Å². The van der Waals surface area contributed by atoms with Gasteiger partial charge >= 0.3 is 0 Å². The number of carbonyl (C=O) groups excluding carboxylic acids is 1. The molecular formula is C24H29N3O3. The van der Waals surface area contributed by atoms with Gasteiger partial charge in [-0.1, -0.05) is 32.9 Å². The van der Waals surface area contributed by atoms with Crippen LogP contribution in [0.25, 0.3) is 11.0 Å². The Bertz CT molecular complexity index is 1050. The topological polar surface area (TPSA) is 76.2 Å². The smallest absolute Gasteiger partial charge is 0.265 e. The number of fused-ring (bicyclic) bond motifs is 1. The van der Waals surface area contributed by atoms with Gasteiger partial charge in [-0.3, -0.25) is 4.79 Å². The van der Waals surface area contributed by atoms with Crippen LogP contribution in [-0.2, 0) is 14.9 Å². The molecule has 3 aromatic rings. The van der Waals surface area contributed by atoms with Crippen molar-refractivity contribution >= 4 is 22.6 Å². The summed E-state index contributed by atoms with van der Waals surface area (Å²) in [6.07, 6.45) is 1.45. The number of hydrogen-bond donors (Lipinski definition) is 2. The van der Waals surface area contributed by atoms with E-state index >= 15 is 0 Å². The number of nitrogens with zero attached hydrogens (tertiary/aromatic N) is 1. The highest BCUT2D eigenvalue weighted by Gasteiger charge is 2.22. The SMILES string of the molecule is C[C@H](Oc1cccc(C(C)(C)C)c1)C(=O)Nc1ccc2nc([C@H]3CCCO3)[nH]c2c1. The number of nitrogens with one attached hydrogen (secondary N) is 2. The van der Waals surface area contributed by atoms with E-state index in [-0.39, 0.29) is 17.4 Å². The molecule has 0 radical (unpaired) electrons. The highest BCUT2D eigenvalue weighted by molar-refractivity contribution is 5.95. The van der Waals surface area contributed by atoms with Crippen molar-refractivity contribution in [2.24, 2.45) is 0 Å². The summed E-state index contributed by atoms with van der Waals surface area (Å²) in [5.74, 6) is 1.34. The number of aromatic amines is 1. The van der Waals surface area contributed by atoms with Gasteiger partial charge in [0.25, 0.3) is 5.91 Å². The molecule has 4 rings (SSSR count). The maximum Gasteiger partial charge on any atom is 0.265 e. The van der Waals surface area contributed by atoms with Crippen molar-refractivity contribution in [3.63, 3.8) is 0 Å². The van der Waals surface area contributed by atoms with E-state index in [0.29, 0.717) is 11.4 Å². The molecule has 0 unspecified atom stereocenters. The zero-order chi connectivity index (χ0) is 21.3. The fourth-order valence-electron chi connectivity index (χ4n) is 3.59. The maximum absolute atomic E-state index is 12.7. The van der Waals surface area contributed by atoms with Crippen LogP contribution in [0.3, 0.4) is 0 Å². The van der Waals surface area contributed by atoms with Crippen LogP contribution in [-0.4, -0.2) is 28.6 Å². The Morgan fingerprint density at radius 3 is 2.83 bits per heavy atom. The molecule has 0 aliphatic carbocycles. The molecule has 2 N–H and O–H groups in total. The van der Waals surface area contributed by atoms with Gasteiger partial charge in [0.15, 0.2) is 6.10 Å². The third-order valence-corrected chi connectivity index (χ3v) is 5.38. The number of hydrogen-bond acceptors (Lipinski definition) is 4. The Morgan fingerprint density at radius 2 is 2.10 bits per heavy atom. The molecule has 2 heterocycles. The van der Waals surface area contributed by atoms with Crippen molar-refractivity contribution in [2.45, 2.75) is 58.2 Å². The first-order valence-electron chi connectivity index (χ1n) is 10.5. The second-order valence-electron chi connectivity index (χ2n) is 8.88. The Balaban J connectivity index is 1.43. The zero-order valence-corrected chi connectivity index (χ0v) is 18.0. The Labute approximate surface area is 177 Å². The van der Waals surface area contributed by atoms with Crippen molar-refractivity contribution in [1.29, 1.82) is 0 Å². The van der Waals surface area contributed by atoms with Crippen LogP contribution in [0.15, 0.2) is 42.5 Å². The summed E-state index contributed by atoms with van der Waals surface area (Å²) < 4.78 is 11.6. The molecule has 2 aromatic carbocycles. The predicted molar refractivity (Wildman–Crippen MR) is 118 cm³/mol. The van der Waals surface area contributed by atoms with Gasteiger partial charge in [-0.15, -0.1) is 0 Å². The molecular weight excluding hydrogens is 378 g/mol. The Kier molecular flexibility index (Phi) is 5.52. The fourth-order valence-corrected chi connectivity index (χ4v) is 3.59. The number of carbonyl (C=O) groups is 1. The average molecular weight is 408 g/mol. The number of aromatic nitrogens is 2. The molecule has 6 nitrogen and oxygen atoms in total. The van der Waals surface area contributed by atoms with E-state index < -0.39 is 6.10 Å². The zero-order valence-electron chi connectivity index (χ0n) is 18.0. The summed E-state index contributed by atoms with van der Waals surface area (Å²) >= 11 is 0. The minimum absolute atomic E-state index is 0.0206. The third-order valence-electron chi connectivity index (χ3n) is 5.38. The second-order valence-corrected chi connectivity index (χ2v) is 8.88. The lowest BCUT2D eigenvalue weighted by molar-refractivity contribution is -0.122. The minimum atomic E-state index is -0.625. The lowest BCUT2D eigenvalue weighted by Crippen LogP contribution is -2.30. The van der Waals surface area contributed by atoms with Gasteiger partial charge in [0.2, 0.25) is 0 Å². The number of imidazole rings is 1. The summed E-state index contributed by atoms with van der Waals surface area (Å²) in [5, 5.41) is 2.93. The fraction of sp³-hybridized carbons (Fsp3) is 0.417. The lowest BCUT2D eigenvalue weighted by Gasteiger charge is -2.21. The normalized spacial score (nSPS) is 17.8. The van der Waals surface area contributed by atoms with Gasteiger partial charge < -0.3 is 19.8 Å². The van der Waals surface area contributed by atoms with Crippen molar-refractivity contribution in [3.05, 3.63) is 53.9 Å². The largest absolute Gasteiger partial charge is 0.481 e. The van der Waals surface area contributed by atoms with Crippen molar-refractivity contribution < 1.29 is 14.3 Å². The second kappa shape index (κ2) is 8.11. The highest BCUT2D eigenvalue weighted by atomic mass is 16.5. The van der Waals surface area contributed by atoms with E-state index in [1.807, 2.05) is 36.4 Å². The number of rotatable bonds is 5. The summed E-state index contributed by atoms with van der Waals surface area (Å²) in [7, 11) is 0. The minimum Gasteiger partial charge on any atom is -0.481 e. The predicted octanol–water partition coefficient (Wildman–Crippen LogP) is 5.12. The van der Waals surface area contributed by atoms with E-state index in [1.165, 1.54) is 5.56 Å². The summed E-state index contributed by atoms with van der Waals surface area (Å²) in [6.45, 7) is 8.98. The van der Waals surface area contributed by atoms with Gasteiger partial charge in [0.05, 0.1) is 11.0 Å². The maximum atomic E-state index is 12.7. The van der Waals surface area contributed by atoms with E-state index in [2.05, 4.69) is 42.1 Å². The van der Waals surface area contributed by atoms with Gasteiger partial charge in [-0.2, -0.15) is 0 Å². The van der Waals surface area contributed by atoms with Crippen LogP contribution >= 0.6 is 0 Å². The van der Waals surface area contributed by atoms with Crippen LogP contribution in [0.2, 0.25) is 0 Å². The average Bonchev–Trinajstić information content (AvgIpc) is 3.36. The number of H-pyrrole nitrogens is 1. The molecule has 2 atom stereocenters. The van der Waals surface area contributed by atoms with Crippen LogP contribution in [0.4, 0.5) is 5.69 Å². The Morgan fingerprint density at radius 1 is 1.27 bits per heavy atom. The molecule has 1 fully saturated rings. The number of anilines is 1. The standard InChI is InChI=1S/C24H29N3O3/c1-15(30-18-8-5-7-16(13-18)24(2,3)4)23(28)25-17-10-11-19-20(14-17)27-22(26-19)21-9-6-12-29-21/h5,7-8,10-11,13-15,21H,6,9,12H2,1-4H3,(H,25,28)(H,26,27)/t15-,21+/m0/s1. The number of ether oxygens (including phenoxy) is 2. The summed E-state index contributed by atoms with van der Waals surface area (Å²) in [5.41, 5.74) is 3.63. The quantitative estimate of drug-likeness (QED) is 0.616. The number of benzene rings is 2. The molecule has 1 aliphatic heterocycles. The van der Waals surface area contributed by atoms with E-state index in [1.54, 1.807) is 6.92 Å². The number of amides is 1. The monoisotopic (exact) mass is 407 g/mol. The van der Waals surface area contributed by atoms with Crippen LogP contribution in [0, 0.1) is 0 Å². The van der Waals surface area contributed by atoms with E-state index in [4.69, 9.17) is 9.47 Å². The molecule has 0 bridgehead atoms. The molecule has 1 aromatic heterocycles. The van der Waals surface area contributed by atoms with Crippen molar-refractivity contribution in [3.8, 4) is 5.75 Å². The molecule has 0 saturated carbocycles. The van der Waals surface area contributed by atoms with Crippen molar-refractivity contribution in [1.82, 2.24) is 9.97 Å². The molecule has 0 spiro atoms. The van der Waals surface area contributed by atoms with E-state index in [0.717, 1.165) is 36.3 Å². The molecule has 1 amide bonds. The first-order valence-corrected chi connectivity index (χ1v) is 10.5. The molecule has 1 saturated heterocycles. The van der Waals surface area contributed by atoms with Crippen LogP contribution < -0.4 is 10.1 Å². The highest BCUT2D eigenvalue weighted by Crippen LogP contribution is 2.29. The first-order chi connectivity index (χ1) is 14.3. The van der Waals surface area contributed by atoms with Crippen molar-refractivity contribution in [2.75, 3.05) is 11.9 Å². The summed E-state index contributed by atoms with van der Waals surface area (Å²) in [4.78, 5) is 20.6. The lowest BCUT2D eigenvalue weighted by atomic mass is 9.87. The molecule has 30 heavy (non-hydrogen) atoms. The van der Waals surface area contributed by atoms with Crippen LogP contribution in [0.1, 0.15) is 58.0 Å². The molecule has 6 heteroatoms. The van der Waals surface area contributed by atoms with Gasteiger partial charge in [-0.05, 0) is 61.1 Å². The third kappa shape index (κ3) is 4.49. The Hall–Kier alpha value is -2.86. The van der Waals surface area contributed by atoms with Gasteiger partial charge in [-0.25, -0.2) is 4.98 Å². The molecule has 1 aliphatic rings. The first kappa shape index (κ1) is 20.4. The van der Waals surface area contributed by atoms with Gasteiger partial charge in [0.1, 0.15) is 17.7 Å². The van der Waals surface area contributed by atoms with Crippen LogP contribution in [0.5, 0.6) is 5.75 Å².